The molecular weight excluding hydrogens is 464 g/mol. The molecule has 3 aromatic carbocycles. The molecule has 1 heterocycles. The minimum Gasteiger partial charge on any atom is -0.494 e. The number of benzene rings is 3. The van der Waals surface area contributed by atoms with E-state index in [-0.39, 0.29) is 5.57 Å². The van der Waals surface area contributed by atoms with Gasteiger partial charge in [0.05, 0.1) is 12.3 Å². The molecule has 0 aromatic heterocycles. The summed E-state index contributed by atoms with van der Waals surface area (Å²) in [5.41, 5.74) is 3.65. The SMILES string of the molecule is CCOc1cc(/C=C2/C(=O)NC(=O)N(c3ccccc3CC)C2=O)ccc1Cc1ccccc1Cl. The maximum atomic E-state index is 13.3. The molecule has 1 aliphatic heterocycles. The normalized spacial score (nSPS) is 14.9. The molecule has 178 valence electrons. The van der Waals surface area contributed by atoms with E-state index in [1.807, 2.05) is 62.4 Å². The number of amides is 4. The Labute approximate surface area is 209 Å². The summed E-state index contributed by atoms with van der Waals surface area (Å²) in [4.78, 5) is 39.5. The fourth-order valence-electron chi connectivity index (χ4n) is 4.01. The van der Waals surface area contributed by atoms with Crippen molar-refractivity contribution in [2.45, 2.75) is 26.7 Å². The Morgan fingerprint density at radius 1 is 0.914 bits per heavy atom. The Morgan fingerprint density at radius 3 is 2.34 bits per heavy atom. The van der Waals surface area contributed by atoms with Gasteiger partial charge in [0.25, 0.3) is 11.8 Å². The van der Waals surface area contributed by atoms with Gasteiger partial charge < -0.3 is 4.74 Å². The lowest BCUT2D eigenvalue weighted by atomic mass is 10.00. The molecule has 0 aliphatic carbocycles. The van der Waals surface area contributed by atoms with E-state index < -0.39 is 17.8 Å². The molecule has 0 radical (unpaired) electrons. The molecule has 0 saturated carbocycles. The van der Waals surface area contributed by atoms with Crippen LogP contribution in [0.3, 0.4) is 0 Å². The van der Waals surface area contributed by atoms with Crippen molar-refractivity contribution in [1.82, 2.24) is 5.32 Å². The second kappa shape index (κ2) is 10.6. The molecule has 7 heteroatoms. The number of halogens is 1. The summed E-state index contributed by atoms with van der Waals surface area (Å²) in [5, 5.41) is 2.95. The molecule has 1 aliphatic rings. The number of hydrogen-bond acceptors (Lipinski definition) is 4. The third-order valence-corrected chi connectivity index (χ3v) is 6.12. The lowest BCUT2D eigenvalue weighted by Gasteiger charge is -2.28. The molecular formula is C28H25ClN2O4. The summed E-state index contributed by atoms with van der Waals surface area (Å²) in [6.45, 7) is 4.27. The van der Waals surface area contributed by atoms with Crippen LogP contribution in [0.25, 0.3) is 6.08 Å². The van der Waals surface area contributed by atoms with Gasteiger partial charge in [-0.2, -0.15) is 0 Å². The van der Waals surface area contributed by atoms with Crippen molar-refractivity contribution in [3.63, 3.8) is 0 Å². The number of hydrogen-bond donors (Lipinski definition) is 1. The molecule has 35 heavy (non-hydrogen) atoms. The Balaban J connectivity index is 1.70. The van der Waals surface area contributed by atoms with Gasteiger partial charge in [0, 0.05) is 11.4 Å². The highest BCUT2D eigenvalue weighted by Crippen LogP contribution is 2.29. The minimum absolute atomic E-state index is 0.128. The second-order valence-electron chi connectivity index (χ2n) is 8.01. The third kappa shape index (κ3) is 5.12. The molecule has 6 nitrogen and oxygen atoms in total. The average Bonchev–Trinajstić information content (AvgIpc) is 2.85. The van der Waals surface area contributed by atoms with Gasteiger partial charge in [-0.1, -0.05) is 67.1 Å². The van der Waals surface area contributed by atoms with Crippen LogP contribution in [-0.4, -0.2) is 24.5 Å². The summed E-state index contributed by atoms with van der Waals surface area (Å²) >= 11 is 6.33. The van der Waals surface area contributed by atoms with Gasteiger partial charge in [0.2, 0.25) is 0 Å². The van der Waals surface area contributed by atoms with Crippen LogP contribution in [0, 0.1) is 0 Å². The second-order valence-corrected chi connectivity index (χ2v) is 8.42. The third-order valence-electron chi connectivity index (χ3n) is 5.76. The van der Waals surface area contributed by atoms with Gasteiger partial charge in [-0.05, 0) is 59.9 Å². The molecule has 0 unspecified atom stereocenters. The molecule has 0 bridgehead atoms. The number of ether oxygens (including phenoxy) is 1. The minimum atomic E-state index is -0.761. The first-order valence-electron chi connectivity index (χ1n) is 11.4. The van der Waals surface area contributed by atoms with Crippen LogP contribution < -0.4 is 15.0 Å². The largest absolute Gasteiger partial charge is 0.494 e. The van der Waals surface area contributed by atoms with Crippen LogP contribution in [0.5, 0.6) is 5.75 Å². The van der Waals surface area contributed by atoms with Crippen LogP contribution in [0.2, 0.25) is 5.02 Å². The number of barbiturate groups is 1. The zero-order valence-electron chi connectivity index (χ0n) is 19.5. The summed E-state index contributed by atoms with van der Waals surface area (Å²) in [7, 11) is 0. The zero-order chi connectivity index (χ0) is 24.9. The van der Waals surface area contributed by atoms with Gasteiger partial charge >= 0.3 is 6.03 Å². The summed E-state index contributed by atoms with van der Waals surface area (Å²) in [5.74, 6) is -0.768. The highest BCUT2D eigenvalue weighted by atomic mass is 35.5. The Bertz CT molecular complexity index is 1330. The number of rotatable bonds is 7. The highest BCUT2D eigenvalue weighted by Gasteiger charge is 2.37. The van der Waals surface area contributed by atoms with Gasteiger partial charge in [-0.15, -0.1) is 0 Å². The molecule has 1 saturated heterocycles. The number of carbonyl (C=O) groups excluding carboxylic acids is 3. The molecule has 1 N–H and O–H groups in total. The van der Waals surface area contributed by atoms with Crippen molar-refractivity contribution >= 4 is 41.2 Å². The van der Waals surface area contributed by atoms with Gasteiger partial charge in [0.1, 0.15) is 11.3 Å². The van der Waals surface area contributed by atoms with Crippen LogP contribution in [0.4, 0.5) is 10.5 Å². The van der Waals surface area contributed by atoms with Crippen LogP contribution >= 0.6 is 11.6 Å². The van der Waals surface area contributed by atoms with Gasteiger partial charge in [0.15, 0.2) is 0 Å². The fraction of sp³-hybridized carbons (Fsp3) is 0.179. The van der Waals surface area contributed by atoms with Crippen molar-refractivity contribution in [2.75, 3.05) is 11.5 Å². The number of anilines is 1. The lowest BCUT2D eigenvalue weighted by molar-refractivity contribution is -0.122. The standard InChI is InChI=1S/C28H25ClN2O4/c1-3-19-9-6-8-12-24(19)31-27(33)22(26(32)30-28(31)34)15-18-13-14-21(25(16-18)35-4-2)17-20-10-5-7-11-23(20)29/h5-16H,3-4,17H2,1-2H3,(H,30,32,34)/b22-15-. The van der Waals surface area contributed by atoms with Crippen molar-refractivity contribution in [2.24, 2.45) is 0 Å². The van der Waals surface area contributed by atoms with Crippen molar-refractivity contribution < 1.29 is 19.1 Å². The van der Waals surface area contributed by atoms with Crippen molar-refractivity contribution in [3.05, 3.63) is 99.6 Å². The molecule has 0 atom stereocenters. The summed E-state index contributed by atoms with van der Waals surface area (Å²) in [6.07, 6.45) is 2.68. The first-order valence-corrected chi connectivity index (χ1v) is 11.8. The molecule has 4 rings (SSSR count). The maximum absolute atomic E-state index is 13.3. The Morgan fingerprint density at radius 2 is 1.63 bits per heavy atom. The van der Waals surface area contributed by atoms with E-state index in [9.17, 15) is 14.4 Å². The summed E-state index contributed by atoms with van der Waals surface area (Å²) in [6, 6.07) is 19.5. The first-order chi connectivity index (χ1) is 16.9. The van der Waals surface area contributed by atoms with Crippen LogP contribution in [0.1, 0.15) is 36.1 Å². The molecule has 0 spiro atoms. The van der Waals surface area contributed by atoms with Gasteiger partial charge in [-0.25, -0.2) is 9.69 Å². The van der Waals surface area contributed by atoms with Crippen LogP contribution in [0.15, 0.2) is 72.3 Å². The van der Waals surface area contributed by atoms with Crippen molar-refractivity contribution in [3.8, 4) is 5.75 Å². The zero-order valence-corrected chi connectivity index (χ0v) is 20.3. The van der Waals surface area contributed by atoms with E-state index in [2.05, 4.69) is 5.32 Å². The van der Waals surface area contributed by atoms with E-state index >= 15 is 0 Å². The number of aryl methyl sites for hydroxylation is 1. The maximum Gasteiger partial charge on any atom is 0.335 e. The van der Waals surface area contributed by atoms with Crippen LogP contribution in [-0.2, 0) is 22.4 Å². The Kier molecular flexibility index (Phi) is 7.32. The molecule has 4 amide bonds. The highest BCUT2D eigenvalue weighted by molar-refractivity contribution is 6.39. The quantitative estimate of drug-likeness (QED) is 0.349. The van der Waals surface area contributed by atoms with E-state index in [1.165, 1.54) is 6.08 Å². The first kappa shape index (κ1) is 24.2. The predicted octanol–water partition coefficient (Wildman–Crippen LogP) is 5.56. The lowest BCUT2D eigenvalue weighted by Crippen LogP contribution is -2.54. The van der Waals surface area contributed by atoms with Crippen molar-refractivity contribution in [1.29, 1.82) is 0 Å². The molecule has 1 fully saturated rings. The molecule has 3 aromatic rings. The fourth-order valence-corrected chi connectivity index (χ4v) is 4.22. The number of nitrogens with one attached hydrogen (secondary N) is 1. The Hall–Kier alpha value is -3.90. The number of nitrogens with zero attached hydrogens (tertiary/aromatic N) is 1. The topological polar surface area (TPSA) is 75.7 Å². The monoisotopic (exact) mass is 488 g/mol. The predicted molar refractivity (Wildman–Crippen MR) is 137 cm³/mol. The van der Waals surface area contributed by atoms with E-state index in [0.717, 1.165) is 21.6 Å². The van der Waals surface area contributed by atoms with E-state index in [1.54, 1.807) is 18.2 Å². The number of para-hydroxylation sites is 1. The number of imide groups is 2. The smallest absolute Gasteiger partial charge is 0.335 e. The van der Waals surface area contributed by atoms with Gasteiger partial charge in [-0.3, -0.25) is 14.9 Å². The average molecular weight is 489 g/mol. The number of carbonyl (C=O) groups is 3. The summed E-state index contributed by atoms with van der Waals surface area (Å²) < 4.78 is 5.85. The number of urea groups is 1. The van der Waals surface area contributed by atoms with E-state index in [4.69, 9.17) is 16.3 Å². The van der Waals surface area contributed by atoms with E-state index in [0.29, 0.717) is 41.5 Å².